The predicted molar refractivity (Wildman–Crippen MR) is 76.8 cm³/mol. The Morgan fingerprint density at radius 2 is 1.95 bits per heavy atom. The van der Waals surface area contributed by atoms with Crippen molar-refractivity contribution >= 4 is 17.7 Å². The molecule has 0 unspecified atom stereocenters. The Kier molecular flexibility index (Phi) is 3.80. The fourth-order valence-electron chi connectivity index (χ4n) is 1.86. The molecule has 1 aromatic carbocycles. The smallest absolute Gasteiger partial charge is 0.248 e. The Balaban J connectivity index is 2.08. The fraction of sp³-hybridized carbons (Fsp3) is 0.200. The number of benzene rings is 1. The van der Waals surface area contributed by atoms with Gasteiger partial charge in [-0.15, -0.1) is 0 Å². The van der Waals surface area contributed by atoms with E-state index in [1.807, 2.05) is 51.2 Å². The van der Waals surface area contributed by atoms with Crippen LogP contribution in [0.4, 0.5) is 5.69 Å². The lowest BCUT2D eigenvalue weighted by atomic mass is 10.2. The molecule has 0 aliphatic rings. The molecule has 19 heavy (non-hydrogen) atoms. The monoisotopic (exact) mass is 255 g/mol. The normalized spacial score (nSPS) is 10.9. The molecule has 4 nitrogen and oxygen atoms in total. The van der Waals surface area contributed by atoms with Crippen LogP contribution in [-0.2, 0) is 11.8 Å². The van der Waals surface area contributed by atoms with Crippen LogP contribution in [0.2, 0.25) is 0 Å². The number of aryl methyl sites for hydroxylation is 2. The highest BCUT2D eigenvalue weighted by molar-refractivity contribution is 6.02. The molecule has 1 heterocycles. The molecule has 1 amide bonds. The van der Waals surface area contributed by atoms with Gasteiger partial charge in [-0.05, 0) is 25.5 Å². The lowest BCUT2D eigenvalue weighted by Gasteiger charge is -2.02. The van der Waals surface area contributed by atoms with Crippen LogP contribution in [0.3, 0.4) is 0 Å². The Morgan fingerprint density at radius 3 is 2.53 bits per heavy atom. The summed E-state index contributed by atoms with van der Waals surface area (Å²) < 4.78 is 1.76. The molecule has 0 spiro atoms. The van der Waals surface area contributed by atoms with Gasteiger partial charge in [-0.2, -0.15) is 5.10 Å². The molecule has 0 aliphatic heterocycles. The number of hydrogen-bond donors (Lipinski definition) is 1. The van der Waals surface area contributed by atoms with Crippen LogP contribution in [0, 0.1) is 13.8 Å². The number of hydrogen-bond acceptors (Lipinski definition) is 2. The summed E-state index contributed by atoms with van der Waals surface area (Å²) in [6.07, 6.45) is 3.32. The SMILES string of the molecule is Cc1nn(C)c(C)c1NC(=O)C=Cc1ccccc1. The van der Waals surface area contributed by atoms with E-state index in [-0.39, 0.29) is 5.91 Å². The minimum atomic E-state index is -0.150. The summed E-state index contributed by atoms with van der Waals surface area (Å²) in [5.41, 5.74) is 3.54. The Labute approximate surface area is 112 Å². The Bertz CT molecular complexity index is 612. The zero-order valence-corrected chi connectivity index (χ0v) is 11.3. The van der Waals surface area contributed by atoms with Crippen molar-refractivity contribution < 1.29 is 4.79 Å². The summed E-state index contributed by atoms with van der Waals surface area (Å²) in [5.74, 6) is -0.150. The summed E-state index contributed by atoms with van der Waals surface area (Å²) >= 11 is 0. The van der Waals surface area contributed by atoms with Crippen molar-refractivity contribution in [2.24, 2.45) is 7.05 Å². The van der Waals surface area contributed by atoms with E-state index in [1.54, 1.807) is 10.8 Å². The van der Waals surface area contributed by atoms with Gasteiger partial charge < -0.3 is 5.32 Å². The summed E-state index contributed by atoms with van der Waals surface area (Å²) in [6, 6.07) is 9.72. The zero-order chi connectivity index (χ0) is 13.8. The molecular formula is C15H17N3O. The van der Waals surface area contributed by atoms with Crippen molar-refractivity contribution in [2.45, 2.75) is 13.8 Å². The van der Waals surface area contributed by atoms with Crippen molar-refractivity contribution in [2.75, 3.05) is 5.32 Å². The van der Waals surface area contributed by atoms with Gasteiger partial charge in [0.2, 0.25) is 5.91 Å². The van der Waals surface area contributed by atoms with Crippen molar-refractivity contribution in [1.29, 1.82) is 0 Å². The lowest BCUT2D eigenvalue weighted by molar-refractivity contribution is -0.111. The molecule has 0 fully saturated rings. The molecule has 4 heteroatoms. The minimum Gasteiger partial charge on any atom is -0.319 e. The summed E-state index contributed by atoms with van der Waals surface area (Å²) in [7, 11) is 1.86. The summed E-state index contributed by atoms with van der Waals surface area (Å²) in [4.78, 5) is 11.9. The van der Waals surface area contributed by atoms with Gasteiger partial charge in [0, 0.05) is 13.1 Å². The highest BCUT2D eigenvalue weighted by Gasteiger charge is 2.10. The number of amides is 1. The maximum Gasteiger partial charge on any atom is 0.248 e. The minimum absolute atomic E-state index is 0.150. The van der Waals surface area contributed by atoms with Gasteiger partial charge in [0.1, 0.15) is 0 Å². The van der Waals surface area contributed by atoms with E-state index in [9.17, 15) is 4.79 Å². The van der Waals surface area contributed by atoms with Gasteiger partial charge >= 0.3 is 0 Å². The second-order valence-corrected chi connectivity index (χ2v) is 4.40. The van der Waals surface area contributed by atoms with Crippen LogP contribution in [0.5, 0.6) is 0 Å². The average molecular weight is 255 g/mol. The number of anilines is 1. The van der Waals surface area contributed by atoms with Crippen LogP contribution in [0.1, 0.15) is 17.0 Å². The number of nitrogens with zero attached hydrogens (tertiary/aromatic N) is 2. The first-order valence-electron chi connectivity index (χ1n) is 6.12. The maximum absolute atomic E-state index is 11.9. The van der Waals surface area contributed by atoms with Crippen LogP contribution in [-0.4, -0.2) is 15.7 Å². The van der Waals surface area contributed by atoms with Gasteiger partial charge in [0.25, 0.3) is 0 Å². The van der Waals surface area contributed by atoms with Crippen LogP contribution in [0.15, 0.2) is 36.4 Å². The number of carbonyl (C=O) groups excluding carboxylic acids is 1. The van der Waals surface area contributed by atoms with Crippen molar-refractivity contribution in [3.05, 3.63) is 53.4 Å². The van der Waals surface area contributed by atoms with Crippen LogP contribution in [0.25, 0.3) is 6.08 Å². The molecule has 0 radical (unpaired) electrons. The molecule has 1 aromatic heterocycles. The second kappa shape index (κ2) is 5.52. The van der Waals surface area contributed by atoms with Crippen LogP contribution < -0.4 is 5.32 Å². The van der Waals surface area contributed by atoms with E-state index in [1.165, 1.54) is 6.08 Å². The zero-order valence-electron chi connectivity index (χ0n) is 11.3. The highest BCUT2D eigenvalue weighted by atomic mass is 16.1. The average Bonchev–Trinajstić information content (AvgIpc) is 2.64. The molecule has 0 saturated heterocycles. The molecular weight excluding hydrogens is 238 g/mol. The number of aromatic nitrogens is 2. The Hall–Kier alpha value is -2.36. The van der Waals surface area contributed by atoms with Gasteiger partial charge in [0.05, 0.1) is 17.1 Å². The molecule has 1 N–H and O–H groups in total. The number of rotatable bonds is 3. The molecule has 2 aromatic rings. The van der Waals surface area contributed by atoms with Gasteiger partial charge in [-0.25, -0.2) is 0 Å². The summed E-state index contributed by atoms with van der Waals surface area (Å²) in [5, 5.41) is 7.12. The van der Waals surface area contributed by atoms with Crippen molar-refractivity contribution in [1.82, 2.24) is 9.78 Å². The Morgan fingerprint density at radius 1 is 1.26 bits per heavy atom. The number of carbonyl (C=O) groups is 1. The standard InChI is InChI=1S/C15H17N3O/c1-11-15(12(2)18(3)17-11)16-14(19)10-9-13-7-5-4-6-8-13/h4-10H,1-3H3,(H,16,19). The van der Waals surface area contributed by atoms with Crippen LogP contribution >= 0.6 is 0 Å². The highest BCUT2D eigenvalue weighted by Crippen LogP contribution is 2.18. The summed E-state index contributed by atoms with van der Waals surface area (Å²) in [6.45, 7) is 3.81. The van der Waals surface area contributed by atoms with E-state index in [2.05, 4.69) is 10.4 Å². The molecule has 0 atom stereocenters. The van der Waals surface area contributed by atoms with E-state index in [0.717, 1.165) is 22.6 Å². The lowest BCUT2D eigenvalue weighted by Crippen LogP contribution is -2.09. The third-order valence-corrected chi connectivity index (χ3v) is 2.98. The predicted octanol–water partition coefficient (Wildman–Crippen LogP) is 2.69. The molecule has 2 rings (SSSR count). The number of nitrogens with one attached hydrogen (secondary N) is 1. The van der Waals surface area contributed by atoms with Gasteiger partial charge in [0.15, 0.2) is 0 Å². The van der Waals surface area contributed by atoms with E-state index < -0.39 is 0 Å². The van der Waals surface area contributed by atoms with Crippen molar-refractivity contribution in [3.8, 4) is 0 Å². The third kappa shape index (κ3) is 3.10. The molecule has 0 bridgehead atoms. The van der Waals surface area contributed by atoms with Gasteiger partial charge in [-0.1, -0.05) is 30.3 Å². The van der Waals surface area contributed by atoms with Crippen molar-refractivity contribution in [3.63, 3.8) is 0 Å². The molecule has 98 valence electrons. The second-order valence-electron chi connectivity index (χ2n) is 4.40. The van der Waals surface area contributed by atoms with Gasteiger partial charge in [-0.3, -0.25) is 9.48 Å². The van der Waals surface area contributed by atoms with E-state index in [4.69, 9.17) is 0 Å². The third-order valence-electron chi connectivity index (χ3n) is 2.98. The largest absolute Gasteiger partial charge is 0.319 e. The first-order chi connectivity index (χ1) is 9.08. The first kappa shape index (κ1) is 13.1. The first-order valence-corrected chi connectivity index (χ1v) is 6.12. The topological polar surface area (TPSA) is 46.9 Å². The van der Waals surface area contributed by atoms with E-state index in [0.29, 0.717) is 0 Å². The quantitative estimate of drug-likeness (QED) is 0.857. The molecule has 0 aliphatic carbocycles. The van der Waals surface area contributed by atoms with E-state index >= 15 is 0 Å². The fourth-order valence-corrected chi connectivity index (χ4v) is 1.86. The molecule has 0 saturated carbocycles. The maximum atomic E-state index is 11.9.